The summed E-state index contributed by atoms with van der Waals surface area (Å²) in [5, 5.41) is 5.28. The number of methoxy groups -OCH3 is 1. The number of nitrogens with one attached hydrogen (secondary N) is 2. The van der Waals surface area contributed by atoms with Crippen LogP contribution in [-0.4, -0.2) is 31.6 Å². The molecule has 1 rings (SSSR count). The van der Waals surface area contributed by atoms with E-state index in [2.05, 4.69) is 10.6 Å². The fourth-order valence-corrected chi connectivity index (χ4v) is 1.26. The molecule has 6 heteroatoms. The molecule has 0 saturated heterocycles. The highest BCUT2D eigenvalue weighted by molar-refractivity contribution is 5.96. The molecule has 0 aliphatic heterocycles. The Kier molecular flexibility index (Phi) is 5.29. The third-order valence-corrected chi connectivity index (χ3v) is 2.10. The van der Waals surface area contributed by atoms with E-state index < -0.39 is 6.04 Å². The Morgan fingerprint density at radius 2 is 1.94 bits per heavy atom. The van der Waals surface area contributed by atoms with Crippen molar-refractivity contribution in [2.75, 3.05) is 24.4 Å². The highest BCUT2D eigenvalue weighted by Crippen LogP contribution is 2.15. The Bertz CT molecular complexity index is 432. The number of ether oxygens (including phenoxy) is 1. The van der Waals surface area contributed by atoms with E-state index in [0.717, 1.165) is 0 Å². The number of anilines is 2. The molecule has 0 bridgehead atoms. The summed E-state index contributed by atoms with van der Waals surface area (Å²) in [6, 6.07) is 6.21. The van der Waals surface area contributed by atoms with E-state index in [1.165, 1.54) is 7.11 Å². The van der Waals surface area contributed by atoms with Gasteiger partial charge in [0, 0.05) is 18.5 Å². The SMILES string of the molecule is COCC(=O)Nc1cccc(NC(=O)[C@@H](C)N)c1. The minimum Gasteiger partial charge on any atom is -0.375 e. The van der Waals surface area contributed by atoms with Crippen LogP contribution >= 0.6 is 0 Å². The number of hydrogen-bond donors (Lipinski definition) is 3. The van der Waals surface area contributed by atoms with Gasteiger partial charge in [-0.1, -0.05) is 6.07 Å². The first-order chi connectivity index (χ1) is 8.52. The average Bonchev–Trinajstić information content (AvgIpc) is 2.29. The summed E-state index contributed by atoms with van der Waals surface area (Å²) in [6.45, 7) is 1.58. The van der Waals surface area contributed by atoms with Crippen LogP contribution in [0.3, 0.4) is 0 Å². The van der Waals surface area contributed by atoms with Gasteiger partial charge < -0.3 is 21.1 Å². The van der Waals surface area contributed by atoms with E-state index in [0.29, 0.717) is 11.4 Å². The lowest BCUT2D eigenvalue weighted by Crippen LogP contribution is -2.32. The zero-order valence-corrected chi connectivity index (χ0v) is 10.4. The van der Waals surface area contributed by atoms with Crippen molar-refractivity contribution in [3.8, 4) is 0 Å². The van der Waals surface area contributed by atoms with E-state index >= 15 is 0 Å². The molecular formula is C12H17N3O3. The van der Waals surface area contributed by atoms with Crippen LogP contribution < -0.4 is 16.4 Å². The predicted octanol–water partition coefficient (Wildman–Crippen LogP) is 0.557. The summed E-state index contributed by atoms with van der Waals surface area (Å²) in [5.41, 5.74) is 6.60. The molecule has 0 aromatic heterocycles. The predicted molar refractivity (Wildman–Crippen MR) is 69.2 cm³/mol. The van der Waals surface area contributed by atoms with Crippen molar-refractivity contribution in [1.82, 2.24) is 0 Å². The number of benzene rings is 1. The van der Waals surface area contributed by atoms with Crippen molar-refractivity contribution in [1.29, 1.82) is 0 Å². The van der Waals surface area contributed by atoms with Crippen LogP contribution in [0.25, 0.3) is 0 Å². The molecule has 98 valence electrons. The van der Waals surface area contributed by atoms with Gasteiger partial charge in [0.15, 0.2) is 0 Å². The summed E-state index contributed by atoms with van der Waals surface area (Å²) < 4.78 is 4.70. The van der Waals surface area contributed by atoms with Gasteiger partial charge in [-0.3, -0.25) is 9.59 Å². The summed E-state index contributed by atoms with van der Waals surface area (Å²) in [4.78, 5) is 22.7. The van der Waals surface area contributed by atoms with E-state index in [1.54, 1.807) is 31.2 Å². The van der Waals surface area contributed by atoms with Crippen LogP contribution in [-0.2, 0) is 14.3 Å². The molecule has 2 amide bonds. The standard InChI is InChI=1S/C12H17N3O3/c1-8(13)12(17)15-10-5-3-4-9(6-10)14-11(16)7-18-2/h3-6,8H,7,13H2,1-2H3,(H,14,16)(H,15,17)/t8-/m1/s1. The molecule has 1 aromatic carbocycles. The van der Waals surface area contributed by atoms with Crippen LogP contribution in [0.5, 0.6) is 0 Å². The quantitative estimate of drug-likeness (QED) is 0.712. The van der Waals surface area contributed by atoms with Gasteiger partial charge >= 0.3 is 0 Å². The number of carbonyl (C=O) groups excluding carboxylic acids is 2. The van der Waals surface area contributed by atoms with Gasteiger partial charge in [-0.05, 0) is 25.1 Å². The van der Waals surface area contributed by atoms with Crippen LogP contribution in [0.1, 0.15) is 6.92 Å². The third kappa shape index (κ3) is 4.52. The molecule has 4 N–H and O–H groups in total. The molecule has 0 unspecified atom stereocenters. The van der Waals surface area contributed by atoms with Crippen molar-refractivity contribution in [3.05, 3.63) is 24.3 Å². The first-order valence-corrected chi connectivity index (χ1v) is 5.48. The van der Waals surface area contributed by atoms with Gasteiger partial charge in [-0.25, -0.2) is 0 Å². The maximum Gasteiger partial charge on any atom is 0.250 e. The normalized spacial score (nSPS) is 11.7. The molecule has 1 aromatic rings. The fraction of sp³-hybridized carbons (Fsp3) is 0.333. The Labute approximate surface area is 105 Å². The molecule has 0 fully saturated rings. The zero-order chi connectivity index (χ0) is 13.5. The lowest BCUT2D eigenvalue weighted by Gasteiger charge is -2.10. The monoisotopic (exact) mass is 251 g/mol. The second-order valence-corrected chi connectivity index (χ2v) is 3.84. The fourth-order valence-electron chi connectivity index (χ4n) is 1.26. The number of rotatable bonds is 5. The highest BCUT2D eigenvalue weighted by atomic mass is 16.5. The number of nitrogens with two attached hydrogens (primary N) is 1. The van der Waals surface area contributed by atoms with Crippen LogP contribution in [0.15, 0.2) is 24.3 Å². The zero-order valence-electron chi connectivity index (χ0n) is 10.4. The topological polar surface area (TPSA) is 93.5 Å². The van der Waals surface area contributed by atoms with Gasteiger partial charge in [0.2, 0.25) is 11.8 Å². The van der Waals surface area contributed by atoms with Crippen LogP contribution in [0.2, 0.25) is 0 Å². The Hall–Kier alpha value is -1.92. The second-order valence-electron chi connectivity index (χ2n) is 3.84. The highest BCUT2D eigenvalue weighted by Gasteiger charge is 2.08. The first kappa shape index (κ1) is 14.1. The van der Waals surface area contributed by atoms with Crippen molar-refractivity contribution in [2.45, 2.75) is 13.0 Å². The van der Waals surface area contributed by atoms with Gasteiger partial charge in [-0.15, -0.1) is 0 Å². The first-order valence-electron chi connectivity index (χ1n) is 5.48. The number of carbonyl (C=O) groups is 2. The lowest BCUT2D eigenvalue weighted by molar-refractivity contribution is -0.119. The minimum atomic E-state index is -0.586. The number of hydrogen-bond acceptors (Lipinski definition) is 4. The summed E-state index contributed by atoms with van der Waals surface area (Å²) in [7, 11) is 1.44. The molecule has 18 heavy (non-hydrogen) atoms. The van der Waals surface area contributed by atoms with Crippen LogP contribution in [0.4, 0.5) is 11.4 Å². The van der Waals surface area contributed by atoms with Crippen LogP contribution in [0, 0.1) is 0 Å². The van der Waals surface area contributed by atoms with Gasteiger partial charge in [0.05, 0.1) is 6.04 Å². The Balaban J connectivity index is 2.67. The molecule has 0 heterocycles. The van der Waals surface area contributed by atoms with Gasteiger partial charge in [-0.2, -0.15) is 0 Å². The summed E-state index contributed by atoms with van der Waals surface area (Å²) in [5.74, 6) is -0.538. The van der Waals surface area contributed by atoms with E-state index in [9.17, 15) is 9.59 Å². The Morgan fingerprint density at radius 3 is 2.50 bits per heavy atom. The lowest BCUT2D eigenvalue weighted by atomic mass is 10.2. The second kappa shape index (κ2) is 6.73. The van der Waals surface area contributed by atoms with E-state index in [-0.39, 0.29) is 18.4 Å². The van der Waals surface area contributed by atoms with Crippen molar-refractivity contribution in [3.63, 3.8) is 0 Å². The summed E-state index contributed by atoms with van der Waals surface area (Å²) >= 11 is 0. The molecule has 6 nitrogen and oxygen atoms in total. The maximum absolute atomic E-state index is 11.4. The summed E-state index contributed by atoms with van der Waals surface area (Å²) in [6.07, 6.45) is 0. The average molecular weight is 251 g/mol. The minimum absolute atomic E-state index is 0.0174. The van der Waals surface area contributed by atoms with Crippen molar-refractivity contribution in [2.24, 2.45) is 5.73 Å². The van der Waals surface area contributed by atoms with Crippen molar-refractivity contribution < 1.29 is 14.3 Å². The van der Waals surface area contributed by atoms with Gasteiger partial charge in [0.25, 0.3) is 0 Å². The van der Waals surface area contributed by atoms with Gasteiger partial charge in [0.1, 0.15) is 6.61 Å². The molecule has 0 aliphatic rings. The number of amides is 2. The Morgan fingerprint density at radius 1 is 1.33 bits per heavy atom. The third-order valence-electron chi connectivity index (χ3n) is 2.10. The molecule has 0 radical (unpaired) electrons. The van der Waals surface area contributed by atoms with E-state index in [1.807, 2.05) is 0 Å². The van der Waals surface area contributed by atoms with Crippen molar-refractivity contribution >= 4 is 23.2 Å². The largest absolute Gasteiger partial charge is 0.375 e. The smallest absolute Gasteiger partial charge is 0.250 e. The van der Waals surface area contributed by atoms with E-state index in [4.69, 9.17) is 10.5 Å². The molecule has 1 atom stereocenters. The molecular weight excluding hydrogens is 234 g/mol. The molecule has 0 saturated carbocycles. The molecule has 0 spiro atoms. The molecule has 0 aliphatic carbocycles. The maximum atomic E-state index is 11.4.